The third kappa shape index (κ3) is 4.69. The molecule has 2 unspecified atom stereocenters. The van der Waals surface area contributed by atoms with Crippen LogP contribution in [0.15, 0.2) is 12.4 Å². The van der Waals surface area contributed by atoms with E-state index in [0.717, 1.165) is 43.0 Å². The van der Waals surface area contributed by atoms with E-state index in [1.54, 1.807) is 6.33 Å². The van der Waals surface area contributed by atoms with Gasteiger partial charge in [0.2, 0.25) is 0 Å². The van der Waals surface area contributed by atoms with Gasteiger partial charge in [0.05, 0.1) is 0 Å². The molecule has 1 aromatic heterocycles. The van der Waals surface area contributed by atoms with Crippen LogP contribution in [0.3, 0.4) is 0 Å². The third-order valence-electron chi connectivity index (χ3n) is 3.84. The number of anilines is 2. The number of aromatic nitrogens is 2. The minimum Gasteiger partial charge on any atom is -0.370 e. The molecule has 1 heterocycles. The molecular formula is C15H26N4. The lowest BCUT2D eigenvalue weighted by Gasteiger charge is -2.26. The van der Waals surface area contributed by atoms with Crippen molar-refractivity contribution in [3.8, 4) is 0 Å². The van der Waals surface area contributed by atoms with Crippen molar-refractivity contribution in [3.63, 3.8) is 0 Å². The Bertz CT molecular complexity index is 380. The molecule has 0 saturated heterocycles. The zero-order chi connectivity index (χ0) is 13.5. The molecule has 2 N–H and O–H groups in total. The SMILES string of the molecule is CCCNc1cc(NCC2CCCC(C)C2)ncn1. The van der Waals surface area contributed by atoms with Gasteiger partial charge in [-0.05, 0) is 31.1 Å². The Morgan fingerprint density at radius 1 is 1.21 bits per heavy atom. The summed E-state index contributed by atoms with van der Waals surface area (Å²) in [5.74, 6) is 3.53. The van der Waals surface area contributed by atoms with Crippen LogP contribution < -0.4 is 10.6 Å². The lowest BCUT2D eigenvalue weighted by molar-refractivity contribution is 0.293. The summed E-state index contributed by atoms with van der Waals surface area (Å²) in [6, 6.07) is 2.00. The first-order valence-electron chi connectivity index (χ1n) is 7.57. The van der Waals surface area contributed by atoms with Gasteiger partial charge < -0.3 is 10.6 Å². The van der Waals surface area contributed by atoms with Crippen molar-refractivity contribution in [2.75, 3.05) is 23.7 Å². The molecule has 106 valence electrons. The van der Waals surface area contributed by atoms with Crippen molar-refractivity contribution < 1.29 is 0 Å². The molecule has 2 atom stereocenters. The monoisotopic (exact) mass is 262 g/mol. The van der Waals surface area contributed by atoms with Gasteiger partial charge in [0.25, 0.3) is 0 Å². The van der Waals surface area contributed by atoms with Crippen LogP contribution in [0, 0.1) is 11.8 Å². The number of nitrogens with zero attached hydrogens (tertiary/aromatic N) is 2. The van der Waals surface area contributed by atoms with Gasteiger partial charge in [-0.2, -0.15) is 0 Å². The molecule has 1 saturated carbocycles. The molecule has 1 aliphatic rings. The Balaban J connectivity index is 1.81. The van der Waals surface area contributed by atoms with E-state index in [1.165, 1.54) is 25.7 Å². The summed E-state index contributed by atoms with van der Waals surface area (Å²) < 4.78 is 0. The van der Waals surface area contributed by atoms with Crippen LogP contribution >= 0.6 is 0 Å². The molecule has 0 radical (unpaired) electrons. The Morgan fingerprint density at radius 3 is 2.74 bits per heavy atom. The zero-order valence-electron chi connectivity index (χ0n) is 12.2. The van der Waals surface area contributed by atoms with Crippen LogP contribution in [0.5, 0.6) is 0 Å². The summed E-state index contributed by atoms with van der Waals surface area (Å²) in [5, 5.41) is 6.75. The first kappa shape index (κ1) is 14.1. The van der Waals surface area contributed by atoms with Gasteiger partial charge in [-0.3, -0.25) is 0 Å². The molecule has 1 fully saturated rings. The predicted octanol–water partition coefficient (Wildman–Crippen LogP) is 3.54. The lowest BCUT2D eigenvalue weighted by Crippen LogP contribution is -2.21. The van der Waals surface area contributed by atoms with Crippen molar-refractivity contribution in [1.29, 1.82) is 0 Å². The van der Waals surface area contributed by atoms with E-state index in [2.05, 4.69) is 34.4 Å². The second-order valence-corrected chi connectivity index (χ2v) is 5.73. The standard InChI is InChI=1S/C15H26N4/c1-3-7-16-14-9-15(19-11-18-14)17-10-13-6-4-5-12(2)8-13/h9,11-13H,3-8,10H2,1-2H3,(H2,16,17,18,19). The molecule has 1 aliphatic carbocycles. The number of hydrogen-bond acceptors (Lipinski definition) is 4. The highest BCUT2D eigenvalue weighted by Crippen LogP contribution is 2.28. The van der Waals surface area contributed by atoms with E-state index >= 15 is 0 Å². The molecule has 2 rings (SSSR count). The molecule has 19 heavy (non-hydrogen) atoms. The molecule has 4 nitrogen and oxygen atoms in total. The van der Waals surface area contributed by atoms with Crippen molar-refractivity contribution >= 4 is 11.6 Å². The maximum Gasteiger partial charge on any atom is 0.131 e. The minimum atomic E-state index is 0.797. The summed E-state index contributed by atoms with van der Waals surface area (Å²) in [6.45, 7) is 6.51. The third-order valence-corrected chi connectivity index (χ3v) is 3.84. The van der Waals surface area contributed by atoms with Crippen molar-refractivity contribution in [1.82, 2.24) is 9.97 Å². The highest BCUT2D eigenvalue weighted by atomic mass is 15.1. The average Bonchev–Trinajstić information content (AvgIpc) is 2.43. The number of hydrogen-bond donors (Lipinski definition) is 2. The predicted molar refractivity (Wildman–Crippen MR) is 80.4 cm³/mol. The van der Waals surface area contributed by atoms with Crippen molar-refractivity contribution in [3.05, 3.63) is 12.4 Å². The largest absolute Gasteiger partial charge is 0.370 e. The Kier molecular flexibility index (Phi) is 5.43. The van der Waals surface area contributed by atoms with E-state index in [0.29, 0.717) is 0 Å². The number of rotatable bonds is 6. The Morgan fingerprint density at radius 2 is 2.00 bits per heavy atom. The van der Waals surface area contributed by atoms with Gasteiger partial charge in [0, 0.05) is 19.2 Å². The smallest absolute Gasteiger partial charge is 0.131 e. The average molecular weight is 262 g/mol. The van der Waals surface area contributed by atoms with Crippen LogP contribution in [-0.2, 0) is 0 Å². The van der Waals surface area contributed by atoms with Crippen molar-refractivity contribution in [2.24, 2.45) is 11.8 Å². The highest BCUT2D eigenvalue weighted by molar-refractivity contribution is 5.46. The summed E-state index contributed by atoms with van der Waals surface area (Å²) in [4.78, 5) is 8.51. The Hall–Kier alpha value is -1.32. The van der Waals surface area contributed by atoms with Gasteiger partial charge in [0.15, 0.2) is 0 Å². The normalized spacial score (nSPS) is 23.1. The molecule has 0 amide bonds. The zero-order valence-corrected chi connectivity index (χ0v) is 12.2. The van der Waals surface area contributed by atoms with E-state index < -0.39 is 0 Å². The molecule has 1 aromatic rings. The topological polar surface area (TPSA) is 49.8 Å². The van der Waals surface area contributed by atoms with E-state index in [1.807, 2.05) is 6.07 Å². The second-order valence-electron chi connectivity index (χ2n) is 5.73. The van der Waals surface area contributed by atoms with Gasteiger partial charge in [0.1, 0.15) is 18.0 Å². The summed E-state index contributed by atoms with van der Waals surface area (Å²) in [7, 11) is 0. The first-order chi connectivity index (χ1) is 9.28. The van der Waals surface area contributed by atoms with Crippen LogP contribution in [0.1, 0.15) is 46.0 Å². The number of nitrogens with one attached hydrogen (secondary N) is 2. The molecule has 0 bridgehead atoms. The maximum atomic E-state index is 4.29. The summed E-state index contributed by atoms with van der Waals surface area (Å²) in [6.07, 6.45) is 8.20. The lowest BCUT2D eigenvalue weighted by atomic mass is 9.82. The quantitative estimate of drug-likeness (QED) is 0.823. The van der Waals surface area contributed by atoms with Crippen LogP contribution in [0.4, 0.5) is 11.6 Å². The summed E-state index contributed by atoms with van der Waals surface area (Å²) in [5.41, 5.74) is 0. The summed E-state index contributed by atoms with van der Waals surface area (Å²) >= 11 is 0. The molecule has 0 spiro atoms. The van der Waals surface area contributed by atoms with Gasteiger partial charge in [-0.15, -0.1) is 0 Å². The van der Waals surface area contributed by atoms with Crippen molar-refractivity contribution in [2.45, 2.75) is 46.0 Å². The molecular weight excluding hydrogens is 236 g/mol. The van der Waals surface area contributed by atoms with Crippen LogP contribution in [0.2, 0.25) is 0 Å². The fraction of sp³-hybridized carbons (Fsp3) is 0.733. The van der Waals surface area contributed by atoms with Crippen LogP contribution in [0.25, 0.3) is 0 Å². The minimum absolute atomic E-state index is 0.797. The van der Waals surface area contributed by atoms with Crippen LogP contribution in [-0.4, -0.2) is 23.1 Å². The molecule has 0 aliphatic heterocycles. The van der Waals surface area contributed by atoms with Gasteiger partial charge >= 0.3 is 0 Å². The first-order valence-corrected chi connectivity index (χ1v) is 7.57. The fourth-order valence-electron chi connectivity index (χ4n) is 2.80. The van der Waals surface area contributed by atoms with Gasteiger partial charge in [-0.1, -0.05) is 26.7 Å². The molecule has 4 heteroatoms. The van der Waals surface area contributed by atoms with E-state index in [9.17, 15) is 0 Å². The fourth-order valence-corrected chi connectivity index (χ4v) is 2.80. The highest BCUT2D eigenvalue weighted by Gasteiger charge is 2.18. The van der Waals surface area contributed by atoms with E-state index in [4.69, 9.17) is 0 Å². The second kappa shape index (κ2) is 7.31. The van der Waals surface area contributed by atoms with Gasteiger partial charge in [-0.25, -0.2) is 9.97 Å². The van der Waals surface area contributed by atoms with E-state index in [-0.39, 0.29) is 0 Å². The molecule has 0 aromatic carbocycles. The Labute approximate surface area is 116 Å². The maximum absolute atomic E-state index is 4.29.